The van der Waals surface area contributed by atoms with Crippen molar-refractivity contribution in [1.29, 1.82) is 0 Å². The molecule has 0 aliphatic carbocycles. The number of hydrogen-bond donors (Lipinski definition) is 2. The molecule has 0 saturated heterocycles. The molecule has 0 aromatic rings. The third-order valence-corrected chi connectivity index (χ3v) is 4.69. The first-order valence-corrected chi connectivity index (χ1v) is 7.91. The minimum Gasteiger partial charge on any atom is -0.481 e. The lowest BCUT2D eigenvalue weighted by Crippen LogP contribution is -2.38. The molecule has 4 heteroatoms. The van der Waals surface area contributed by atoms with Crippen LogP contribution in [0.25, 0.3) is 0 Å². The van der Waals surface area contributed by atoms with Gasteiger partial charge in [0, 0.05) is 13.0 Å². The molecule has 0 spiro atoms. The Hall–Kier alpha value is -1.06. The highest BCUT2D eigenvalue weighted by molar-refractivity contribution is 5.78. The summed E-state index contributed by atoms with van der Waals surface area (Å²) in [5.74, 6) is 0.468. The van der Waals surface area contributed by atoms with E-state index in [1.807, 2.05) is 41.5 Å². The average Bonchev–Trinajstić information content (AvgIpc) is 2.37. The number of rotatable bonds is 6. The van der Waals surface area contributed by atoms with Crippen molar-refractivity contribution in [3.63, 3.8) is 0 Å². The maximum Gasteiger partial charge on any atom is 0.309 e. The molecule has 0 aromatic carbocycles. The first kappa shape index (κ1) is 22.2. The van der Waals surface area contributed by atoms with Gasteiger partial charge >= 0.3 is 5.97 Å². The molecule has 0 aromatic heterocycles. The summed E-state index contributed by atoms with van der Waals surface area (Å²) in [5, 5.41) is 11.6. The smallest absolute Gasteiger partial charge is 0.309 e. The van der Waals surface area contributed by atoms with Crippen LogP contribution < -0.4 is 5.32 Å². The summed E-state index contributed by atoms with van der Waals surface area (Å²) < 4.78 is 0. The van der Waals surface area contributed by atoms with Crippen molar-refractivity contribution in [1.82, 2.24) is 5.32 Å². The van der Waals surface area contributed by atoms with Crippen molar-refractivity contribution < 1.29 is 14.7 Å². The second-order valence-corrected chi connectivity index (χ2v) is 6.77. The van der Waals surface area contributed by atoms with E-state index in [4.69, 9.17) is 5.11 Å². The van der Waals surface area contributed by atoms with E-state index in [1.54, 1.807) is 7.05 Å². The lowest BCUT2D eigenvalue weighted by Gasteiger charge is -2.32. The topological polar surface area (TPSA) is 66.4 Å². The van der Waals surface area contributed by atoms with E-state index in [-0.39, 0.29) is 23.7 Å². The Labute approximate surface area is 130 Å². The van der Waals surface area contributed by atoms with E-state index in [1.165, 1.54) is 0 Å². The van der Waals surface area contributed by atoms with Crippen LogP contribution in [-0.4, -0.2) is 24.0 Å². The molecule has 126 valence electrons. The van der Waals surface area contributed by atoms with Crippen molar-refractivity contribution in [2.24, 2.45) is 29.1 Å². The second kappa shape index (κ2) is 9.80. The second-order valence-electron chi connectivity index (χ2n) is 6.77. The zero-order chi connectivity index (χ0) is 17.4. The fourth-order valence-electron chi connectivity index (χ4n) is 2.31. The average molecular weight is 301 g/mol. The van der Waals surface area contributed by atoms with Gasteiger partial charge in [-0.05, 0) is 31.1 Å². The molecule has 4 nitrogen and oxygen atoms in total. The van der Waals surface area contributed by atoms with Crippen LogP contribution in [0.5, 0.6) is 0 Å². The highest BCUT2D eigenvalue weighted by Gasteiger charge is 2.39. The fourth-order valence-corrected chi connectivity index (χ4v) is 2.31. The minimum atomic E-state index is -0.692. The Morgan fingerprint density at radius 2 is 1.43 bits per heavy atom. The number of nitrogens with one attached hydrogen (secondary N) is 1. The third kappa shape index (κ3) is 6.49. The number of hydrogen-bond acceptors (Lipinski definition) is 2. The summed E-state index contributed by atoms with van der Waals surface area (Å²) >= 11 is 0. The van der Waals surface area contributed by atoms with Crippen LogP contribution in [0.1, 0.15) is 61.8 Å². The molecule has 0 aliphatic rings. The van der Waals surface area contributed by atoms with Gasteiger partial charge in [-0.2, -0.15) is 0 Å². The van der Waals surface area contributed by atoms with Crippen LogP contribution in [0, 0.1) is 29.1 Å². The molecule has 1 atom stereocenters. The molecule has 0 rings (SSSR count). The van der Waals surface area contributed by atoms with Gasteiger partial charge in [0.15, 0.2) is 0 Å². The number of carboxylic acid groups (broad SMARTS) is 1. The van der Waals surface area contributed by atoms with E-state index in [0.717, 1.165) is 6.42 Å². The van der Waals surface area contributed by atoms with Gasteiger partial charge in [0.25, 0.3) is 0 Å². The Morgan fingerprint density at radius 3 is 1.48 bits per heavy atom. The minimum absolute atomic E-state index is 0.164. The molecule has 0 saturated carbocycles. The van der Waals surface area contributed by atoms with Gasteiger partial charge in [-0.3, -0.25) is 9.59 Å². The zero-order valence-electron chi connectivity index (χ0n) is 15.3. The summed E-state index contributed by atoms with van der Waals surface area (Å²) in [7, 11) is 1.69. The van der Waals surface area contributed by atoms with Crippen molar-refractivity contribution in [2.45, 2.75) is 61.8 Å². The molecule has 1 amide bonds. The van der Waals surface area contributed by atoms with Gasteiger partial charge in [-0.25, -0.2) is 0 Å². The zero-order valence-corrected chi connectivity index (χ0v) is 15.3. The highest BCUT2D eigenvalue weighted by atomic mass is 16.4. The van der Waals surface area contributed by atoms with E-state index < -0.39 is 11.4 Å². The summed E-state index contributed by atoms with van der Waals surface area (Å²) in [6, 6.07) is 0. The SMILES string of the molecule is CC(C)C(C)(C(=O)O)C(C)C.CCC(C(=O)NC)C(C)C. The van der Waals surface area contributed by atoms with Gasteiger partial charge < -0.3 is 10.4 Å². The lowest BCUT2D eigenvalue weighted by molar-refractivity contribution is -0.153. The molecular formula is C17H35NO3. The summed E-state index contributed by atoms with van der Waals surface area (Å²) in [6.45, 7) is 15.8. The maximum absolute atomic E-state index is 11.1. The van der Waals surface area contributed by atoms with E-state index in [0.29, 0.717) is 5.92 Å². The standard InChI is InChI=1S/C9H18O2.C8H17NO/c1-6(2)9(5,7(3)4)8(10)11;1-5-7(6(2)3)8(10)9-4/h6-7H,1-5H3,(H,10,11);6-7H,5H2,1-4H3,(H,9,10). The molecular weight excluding hydrogens is 266 g/mol. The first-order chi connectivity index (χ1) is 9.46. The van der Waals surface area contributed by atoms with Crippen LogP contribution in [0.2, 0.25) is 0 Å². The Balaban J connectivity index is 0. The molecule has 0 bridgehead atoms. The third-order valence-electron chi connectivity index (χ3n) is 4.69. The van der Waals surface area contributed by atoms with Crippen LogP contribution in [0.4, 0.5) is 0 Å². The van der Waals surface area contributed by atoms with Crippen molar-refractivity contribution in [2.75, 3.05) is 7.05 Å². The molecule has 1 unspecified atom stereocenters. The first-order valence-electron chi connectivity index (χ1n) is 7.91. The Kier molecular flexibility index (Phi) is 10.4. The fraction of sp³-hybridized carbons (Fsp3) is 0.882. The van der Waals surface area contributed by atoms with Gasteiger partial charge in [0.2, 0.25) is 5.91 Å². The maximum atomic E-state index is 11.1. The molecule has 2 N–H and O–H groups in total. The summed E-state index contributed by atoms with van der Waals surface area (Å²) in [4.78, 5) is 22.0. The molecule has 0 aliphatic heterocycles. The summed E-state index contributed by atoms with van der Waals surface area (Å²) in [5.41, 5.74) is -0.583. The lowest BCUT2D eigenvalue weighted by atomic mass is 9.71. The number of carbonyl (C=O) groups excluding carboxylic acids is 1. The van der Waals surface area contributed by atoms with Gasteiger partial charge in [-0.1, -0.05) is 48.5 Å². The predicted octanol–water partition coefficient (Wildman–Crippen LogP) is 3.80. The Bertz CT molecular complexity index is 314. The molecule has 0 fully saturated rings. The van der Waals surface area contributed by atoms with Gasteiger partial charge in [-0.15, -0.1) is 0 Å². The van der Waals surface area contributed by atoms with Crippen LogP contribution >= 0.6 is 0 Å². The molecule has 0 radical (unpaired) electrons. The molecule has 0 heterocycles. The quantitative estimate of drug-likeness (QED) is 0.784. The number of aliphatic carboxylic acids is 1. The van der Waals surface area contributed by atoms with Crippen LogP contribution in [0.3, 0.4) is 0 Å². The predicted molar refractivity (Wildman–Crippen MR) is 88.1 cm³/mol. The van der Waals surface area contributed by atoms with Crippen molar-refractivity contribution in [3.05, 3.63) is 0 Å². The highest BCUT2D eigenvalue weighted by Crippen LogP contribution is 2.35. The van der Waals surface area contributed by atoms with Crippen LogP contribution in [0.15, 0.2) is 0 Å². The van der Waals surface area contributed by atoms with E-state index >= 15 is 0 Å². The van der Waals surface area contributed by atoms with Crippen molar-refractivity contribution in [3.8, 4) is 0 Å². The number of carboxylic acids is 1. The van der Waals surface area contributed by atoms with E-state index in [2.05, 4.69) is 19.2 Å². The van der Waals surface area contributed by atoms with Crippen LogP contribution in [-0.2, 0) is 9.59 Å². The number of amides is 1. The Morgan fingerprint density at radius 1 is 1.05 bits per heavy atom. The van der Waals surface area contributed by atoms with E-state index in [9.17, 15) is 9.59 Å². The normalized spacial score (nSPS) is 13.0. The summed E-state index contributed by atoms with van der Waals surface area (Å²) in [6.07, 6.45) is 0.928. The van der Waals surface area contributed by atoms with Gasteiger partial charge in [0.1, 0.15) is 0 Å². The largest absolute Gasteiger partial charge is 0.481 e. The molecule has 21 heavy (non-hydrogen) atoms. The monoisotopic (exact) mass is 301 g/mol. The number of carbonyl (C=O) groups is 2. The van der Waals surface area contributed by atoms with Gasteiger partial charge in [0.05, 0.1) is 5.41 Å². The van der Waals surface area contributed by atoms with Crippen molar-refractivity contribution >= 4 is 11.9 Å².